The number of hydrogen-bond donors (Lipinski definition) is 2. The van der Waals surface area contributed by atoms with E-state index in [1.807, 2.05) is 19.1 Å². The van der Waals surface area contributed by atoms with Gasteiger partial charge < -0.3 is 14.9 Å². The molecule has 0 amide bonds. The van der Waals surface area contributed by atoms with Gasteiger partial charge in [0.05, 0.1) is 24.4 Å². The number of hydrogen-bond acceptors (Lipinski definition) is 3. The van der Waals surface area contributed by atoms with E-state index in [2.05, 4.69) is 13.8 Å². The molecule has 0 aromatic rings. The molecule has 2 N–H and O–H groups in total. The molecule has 7 atom stereocenters. The number of aliphatic hydroxyl groups is 2. The maximum atomic E-state index is 10.3. The van der Waals surface area contributed by atoms with Crippen LogP contribution in [0.15, 0.2) is 12.2 Å². The Bertz CT molecular complexity index is 430. The van der Waals surface area contributed by atoms with Crippen molar-refractivity contribution in [3.05, 3.63) is 12.2 Å². The van der Waals surface area contributed by atoms with Crippen LogP contribution < -0.4 is 0 Å². The Hall–Kier alpha value is -0.380. The first-order valence-corrected chi connectivity index (χ1v) is 9.03. The predicted octanol–water partition coefficient (Wildman–Crippen LogP) is 3.30. The molecule has 0 aliphatic heterocycles. The Morgan fingerprint density at radius 2 is 2.05 bits per heavy atom. The third-order valence-electron chi connectivity index (χ3n) is 6.71. The Morgan fingerprint density at radius 1 is 1.27 bits per heavy atom. The molecule has 0 bridgehead atoms. The molecule has 0 heterocycles. The van der Waals surface area contributed by atoms with Gasteiger partial charge in [-0.25, -0.2) is 0 Å². The van der Waals surface area contributed by atoms with Gasteiger partial charge in [-0.1, -0.05) is 32.4 Å². The van der Waals surface area contributed by atoms with Crippen molar-refractivity contribution in [3.63, 3.8) is 0 Å². The molecule has 126 valence electrons. The summed E-state index contributed by atoms with van der Waals surface area (Å²) < 4.78 is 6.06. The molecular weight excluding hydrogens is 276 g/mol. The van der Waals surface area contributed by atoms with Gasteiger partial charge in [0.2, 0.25) is 0 Å². The predicted molar refractivity (Wildman–Crippen MR) is 87.5 cm³/mol. The Labute approximate surface area is 134 Å². The minimum atomic E-state index is -0.703. The molecule has 0 spiro atoms. The van der Waals surface area contributed by atoms with E-state index in [0.29, 0.717) is 24.2 Å². The van der Waals surface area contributed by atoms with Gasteiger partial charge in [-0.3, -0.25) is 0 Å². The van der Waals surface area contributed by atoms with Gasteiger partial charge in [-0.2, -0.15) is 0 Å². The van der Waals surface area contributed by atoms with Crippen LogP contribution in [0.25, 0.3) is 0 Å². The zero-order chi connectivity index (χ0) is 16.0. The molecule has 0 aromatic carbocycles. The normalized spacial score (nSPS) is 49.3. The summed E-state index contributed by atoms with van der Waals surface area (Å²) in [5.41, 5.74) is -0.413. The molecule has 2 fully saturated rings. The van der Waals surface area contributed by atoms with Crippen LogP contribution in [0, 0.1) is 23.2 Å². The van der Waals surface area contributed by atoms with Crippen molar-refractivity contribution in [1.29, 1.82) is 0 Å². The molecule has 3 rings (SSSR count). The minimum absolute atomic E-state index is 0.0550. The molecule has 0 aromatic heterocycles. The fourth-order valence-corrected chi connectivity index (χ4v) is 5.49. The monoisotopic (exact) mass is 308 g/mol. The smallest absolute Gasteiger partial charge is 0.0828 e. The van der Waals surface area contributed by atoms with E-state index in [1.165, 1.54) is 19.3 Å². The van der Waals surface area contributed by atoms with Crippen molar-refractivity contribution in [2.45, 2.75) is 77.1 Å². The lowest BCUT2D eigenvalue weighted by Gasteiger charge is -2.45. The van der Waals surface area contributed by atoms with Gasteiger partial charge >= 0.3 is 0 Å². The first-order chi connectivity index (χ1) is 10.3. The van der Waals surface area contributed by atoms with Gasteiger partial charge in [-0.15, -0.1) is 0 Å². The van der Waals surface area contributed by atoms with Crippen LogP contribution in [0.2, 0.25) is 0 Å². The number of ether oxygens (including phenoxy) is 1. The highest BCUT2D eigenvalue weighted by atomic mass is 16.5. The van der Waals surface area contributed by atoms with Crippen LogP contribution in [0.5, 0.6) is 0 Å². The van der Waals surface area contributed by atoms with Gasteiger partial charge in [0.25, 0.3) is 0 Å². The molecule has 3 heteroatoms. The largest absolute Gasteiger partial charge is 0.393 e. The zero-order valence-corrected chi connectivity index (χ0v) is 14.3. The second-order valence-electron chi connectivity index (χ2n) is 8.53. The quantitative estimate of drug-likeness (QED) is 0.784. The van der Waals surface area contributed by atoms with E-state index in [9.17, 15) is 10.2 Å². The number of aliphatic hydroxyl groups excluding tert-OH is 1. The lowest BCUT2D eigenvalue weighted by atomic mass is 9.62. The van der Waals surface area contributed by atoms with E-state index in [0.717, 1.165) is 19.4 Å². The molecular formula is C19H32O3. The van der Waals surface area contributed by atoms with Crippen LogP contribution in [-0.2, 0) is 4.74 Å². The Balaban J connectivity index is 1.56. The van der Waals surface area contributed by atoms with Gasteiger partial charge in [0.1, 0.15) is 0 Å². The van der Waals surface area contributed by atoms with Crippen molar-refractivity contribution < 1.29 is 14.9 Å². The number of rotatable bonds is 4. The molecule has 2 unspecified atom stereocenters. The molecule has 0 radical (unpaired) electrons. The maximum Gasteiger partial charge on any atom is 0.0828 e. The van der Waals surface area contributed by atoms with E-state index in [-0.39, 0.29) is 17.6 Å². The molecule has 0 saturated heterocycles. The fourth-order valence-electron chi connectivity index (χ4n) is 5.49. The van der Waals surface area contributed by atoms with Crippen molar-refractivity contribution >= 4 is 0 Å². The third kappa shape index (κ3) is 3.00. The Morgan fingerprint density at radius 3 is 2.73 bits per heavy atom. The summed E-state index contributed by atoms with van der Waals surface area (Å²) in [6.45, 7) is 7.29. The summed E-state index contributed by atoms with van der Waals surface area (Å²) in [6.07, 6.45) is 10.3. The van der Waals surface area contributed by atoms with Crippen molar-refractivity contribution in [2.75, 3.05) is 6.61 Å². The molecule has 2 saturated carbocycles. The SMILES string of the molecule is C[C@@H](CO[C@H]1C=C[C@](C)(O)C1)[C@H]1CCC2C(O)CCC[C@@]21C. The highest BCUT2D eigenvalue weighted by Gasteiger charge is 2.52. The number of fused-ring (bicyclic) bond motifs is 1. The summed E-state index contributed by atoms with van der Waals surface area (Å²) in [4.78, 5) is 0. The zero-order valence-electron chi connectivity index (χ0n) is 14.3. The second-order valence-corrected chi connectivity index (χ2v) is 8.53. The van der Waals surface area contributed by atoms with Gasteiger partial charge in [0.15, 0.2) is 0 Å². The fraction of sp³-hybridized carbons (Fsp3) is 0.895. The van der Waals surface area contributed by atoms with E-state index in [4.69, 9.17) is 4.74 Å². The van der Waals surface area contributed by atoms with Gasteiger partial charge in [-0.05, 0) is 55.8 Å². The summed E-state index contributed by atoms with van der Waals surface area (Å²) >= 11 is 0. The van der Waals surface area contributed by atoms with E-state index in [1.54, 1.807) is 0 Å². The van der Waals surface area contributed by atoms with Crippen molar-refractivity contribution in [3.8, 4) is 0 Å². The lowest BCUT2D eigenvalue weighted by Crippen LogP contribution is -2.42. The van der Waals surface area contributed by atoms with Crippen LogP contribution >= 0.6 is 0 Å². The average molecular weight is 308 g/mol. The summed E-state index contributed by atoms with van der Waals surface area (Å²) in [6, 6.07) is 0. The molecule has 3 aliphatic rings. The van der Waals surface area contributed by atoms with E-state index < -0.39 is 5.60 Å². The van der Waals surface area contributed by atoms with Crippen molar-refractivity contribution in [2.24, 2.45) is 23.2 Å². The Kier molecular flexibility index (Phi) is 4.43. The standard InChI is InChI=1S/C19H32O3/c1-13(12-22-14-8-10-18(2,21)11-14)15-6-7-16-17(20)5-4-9-19(15,16)3/h8,10,13-17,20-21H,4-7,9,11-12H2,1-3H3/t13-,14-,15+,16?,17?,18-,19+/m0/s1. The highest BCUT2D eigenvalue weighted by molar-refractivity contribution is 5.11. The summed E-state index contributed by atoms with van der Waals surface area (Å²) in [5, 5.41) is 20.3. The lowest BCUT2D eigenvalue weighted by molar-refractivity contribution is -0.0456. The van der Waals surface area contributed by atoms with Crippen LogP contribution in [0.4, 0.5) is 0 Å². The van der Waals surface area contributed by atoms with Crippen LogP contribution in [0.3, 0.4) is 0 Å². The first-order valence-electron chi connectivity index (χ1n) is 9.03. The summed E-state index contributed by atoms with van der Waals surface area (Å²) in [7, 11) is 0. The highest BCUT2D eigenvalue weighted by Crippen LogP contribution is 2.57. The second kappa shape index (κ2) is 5.92. The summed E-state index contributed by atoms with van der Waals surface area (Å²) in [5.74, 6) is 1.65. The third-order valence-corrected chi connectivity index (χ3v) is 6.71. The molecule has 3 aliphatic carbocycles. The van der Waals surface area contributed by atoms with Gasteiger partial charge in [0, 0.05) is 6.42 Å². The molecule has 3 nitrogen and oxygen atoms in total. The van der Waals surface area contributed by atoms with E-state index >= 15 is 0 Å². The average Bonchev–Trinajstić information content (AvgIpc) is 2.96. The topological polar surface area (TPSA) is 49.7 Å². The van der Waals surface area contributed by atoms with Crippen LogP contribution in [-0.4, -0.2) is 34.6 Å². The van der Waals surface area contributed by atoms with Crippen molar-refractivity contribution in [1.82, 2.24) is 0 Å². The minimum Gasteiger partial charge on any atom is -0.393 e. The van der Waals surface area contributed by atoms with Crippen LogP contribution in [0.1, 0.15) is 59.3 Å². The molecule has 22 heavy (non-hydrogen) atoms. The maximum absolute atomic E-state index is 10.3. The first kappa shape index (κ1) is 16.5.